The molecule has 1 aromatic heterocycles. The quantitative estimate of drug-likeness (QED) is 0.747. The summed E-state index contributed by atoms with van der Waals surface area (Å²) in [4.78, 5) is 12.0. The fraction of sp³-hybridized carbons (Fsp3) is 0.667. The maximum Gasteiger partial charge on any atom is 0.283 e. The fourth-order valence-electron chi connectivity index (χ4n) is 1.50. The lowest BCUT2D eigenvalue weighted by atomic mass is 10.3. The highest BCUT2D eigenvalue weighted by Gasteiger charge is 2.07. The summed E-state index contributed by atoms with van der Waals surface area (Å²) in [5.74, 6) is 0. The number of nitrogens with zero attached hydrogens (tertiary/aromatic N) is 2. The third-order valence-electron chi connectivity index (χ3n) is 2.55. The van der Waals surface area contributed by atoms with E-state index in [4.69, 9.17) is 4.74 Å². The molecule has 0 aromatic carbocycles. The second kappa shape index (κ2) is 8.26. The Kier molecular flexibility index (Phi) is 6.97. The van der Waals surface area contributed by atoms with Gasteiger partial charge in [-0.3, -0.25) is 4.79 Å². The van der Waals surface area contributed by atoms with E-state index in [9.17, 15) is 4.79 Å². The minimum atomic E-state index is -0.0832. The first-order valence-corrected chi connectivity index (χ1v) is 6.98. The zero-order valence-corrected chi connectivity index (χ0v) is 12.5. The molecule has 1 rings (SSSR count). The van der Waals surface area contributed by atoms with Gasteiger partial charge in [-0.15, -0.1) is 0 Å². The second-order valence-corrected chi connectivity index (χ2v) is 4.82. The Bertz CT molecular complexity index is 420. The molecule has 1 N–H and O–H groups in total. The van der Waals surface area contributed by atoms with Crippen LogP contribution in [0.3, 0.4) is 0 Å². The number of aryl methyl sites for hydroxylation is 1. The molecule has 0 amide bonds. The highest BCUT2D eigenvalue weighted by Crippen LogP contribution is 2.15. The number of hydrogen-bond acceptors (Lipinski definition) is 4. The molecular formula is C12H20BrN3O2. The van der Waals surface area contributed by atoms with Crippen molar-refractivity contribution in [1.82, 2.24) is 9.78 Å². The fourth-order valence-corrected chi connectivity index (χ4v) is 1.94. The Morgan fingerprint density at radius 1 is 1.50 bits per heavy atom. The van der Waals surface area contributed by atoms with Gasteiger partial charge in [0.25, 0.3) is 5.56 Å². The molecule has 0 aliphatic carbocycles. The van der Waals surface area contributed by atoms with Gasteiger partial charge < -0.3 is 10.1 Å². The first-order valence-electron chi connectivity index (χ1n) is 6.19. The number of ether oxygens (including phenoxy) is 1. The van der Waals surface area contributed by atoms with Gasteiger partial charge in [0.2, 0.25) is 0 Å². The van der Waals surface area contributed by atoms with Crippen LogP contribution in [-0.2, 0) is 11.3 Å². The van der Waals surface area contributed by atoms with Crippen LogP contribution in [0, 0.1) is 0 Å². The van der Waals surface area contributed by atoms with Crippen LogP contribution in [0.5, 0.6) is 0 Å². The van der Waals surface area contributed by atoms with Crippen molar-refractivity contribution in [1.29, 1.82) is 0 Å². The summed E-state index contributed by atoms with van der Waals surface area (Å²) in [6.45, 7) is 4.21. The summed E-state index contributed by atoms with van der Waals surface area (Å²) in [6, 6.07) is 0. The molecule has 1 aromatic rings. The van der Waals surface area contributed by atoms with Crippen molar-refractivity contribution in [3.8, 4) is 0 Å². The molecule has 0 aliphatic rings. The molecule has 0 unspecified atom stereocenters. The molecule has 0 spiro atoms. The molecule has 0 saturated heterocycles. The van der Waals surface area contributed by atoms with Gasteiger partial charge in [0.15, 0.2) is 0 Å². The summed E-state index contributed by atoms with van der Waals surface area (Å²) in [6.07, 6.45) is 4.58. The molecule has 6 heteroatoms. The predicted molar refractivity (Wildman–Crippen MR) is 76.1 cm³/mol. The minimum Gasteiger partial charge on any atom is -0.385 e. The van der Waals surface area contributed by atoms with E-state index in [0.717, 1.165) is 31.5 Å². The zero-order valence-electron chi connectivity index (χ0n) is 10.9. The molecular weight excluding hydrogens is 298 g/mol. The molecule has 0 atom stereocenters. The van der Waals surface area contributed by atoms with E-state index in [1.807, 2.05) is 0 Å². The number of nitrogens with one attached hydrogen (secondary N) is 1. The Morgan fingerprint density at radius 2 is 2.28 bits per heavy atom. The first kappa shape index (κ1) is 15.2. The van der Waals surface area contributed by atoms with Crippen LogP contribution < -0.4 is 10.9 Å². The van der Waals surface area contributed by atoms with Crippen molar-refractivity contribution in [2.45, 2.75) is 32.7 Å². The van der Waals surface area contributed by atoms with E-state index < -0.39 is 0 Å². The third-order valence-corrected chi connectivity index (χ3v) is 3.32. The molecule has 0 fully saturated rings. The number of unbranched alkanes of at least 4 members (excludes halogenated alkanes) is 1. The molecule has 0 aliphatic heterocycles. The van der Waals surface area contributed by atoms with Crippen LogP contribution in [0.4, 0.5) is 5.69 Å². The van der Waals surface area contributed by atoms with E-state index in [0.29, 0.717) is 17.6 Å². The predicted octanol–water partition coefficient (Wildman–Crippen LogP) is 2.25. The van der Waals surface area contributed by atoms with Gasteiger partial charge in [-0.2, -0.15) is 5.10 Å². The van der Waals surface area contributed by atoms with E-state index in [-0.39, 0.29) is 5.56 Å². The molecule has 5 nitrogen and oxygen atoms in total. The van der Waals surface area contributed by atoms with Crippen LogP contribution in [0.1, 0.15) is 26.2 Å². The Morgan fingerprint density at radius 3 is 2.94 bits per heavy atom. The van der Waals surface area contributed by atoms with Gasteiger partial charge in [0.1, 0.15) is 4.47 Å². The van der Waals surface area contributed by atoms with Crippen LogP contribution in [0.25, 0.3) is 0 Å². The van der Waals surface area contributed by atoms with Crippen LogP contribution in [0.2, 0.25) is 0 Å². The highest BCUT2D eigenvalue weighted by molar-refractivity contribution is 9.10. The van der Waals surface area contributed by atoms with Crippen molar-refractivity contribution in [3.05, 3.63) is 21.0 Å². The van der Waals surface area contributed by atoms with E-state index >= 15 is 0 Å². The summed E-state index contributed by atoms with van der Waals surface area (Å²) in [5, 5.41) is 7.33. The molecule has 0 saturated carbocycles. The largest absolute Gasteiger partial charge is 0.385 e. The van der Waals surface area contributed by atoms with Gasteiger partial charge >= 0.3 is 0 Å². The van der Waals surface area contributed by atoms with Gasteiger partial charge in [-0.05, 0) is 28.8 Å². The maximum absolute atomic E-state index is 12.0. The summed E-state index contributed by atoms with van der Waals surface area (Å²) in [5.41, 5.74) is 0.657. The standard InChI is InChI=1S/C12H20BrN3O2/c1-3-4-7-16-12(17)11(13)10(9-15-16)14-6-5-8-18-2/h9,14H,3-8H2,1-2H3. The van der Waals surface area contributed by atoms with Crippen molar-refractivity contribution >= 4 is 21.6 Å². The number of halogens is 1. The van der Waals surface area contributed by atoms with Crippen molar-refractivity contribution in [2.24, 2.45) is 0 Å². The first-order chi connectivity index (χ1) is 8.70. The van der Waals surface area contributed by atoms with Gasteiger partial charge in [-0.25, -0.2) is 4.68 Å². The minimum absolute atomic E-state index is 0.0832. The average molecular weight is 318 g/mol. The van der Waals surface area contributed by atoms with E-state index in [1.165, 1.54) is 4.68 Å². The smallest absolute Gasteiger partial charge is 0.283 e. The van der Waals surface area contributed by atoms with Crippen LogP contribution >= 0.6 is 15.9 Å². The van der Waals surface area contributed by atoms with Crippen molar-refractivity contribution < 1.29 is 4.74 Å². The molecule has 102 valence electrons. The van der Waals surface area contributed by atoms with E-state index in [1.54, 1.807) is 13.3 Å². The van der Waals surface area contributed by atoms with Gasteiger partial charge in [-0.1, -0.05) is 13.3 Å². The molecule has 0 bridgehead atoms. The third kappa shape index (κ3) is 4.42. The number of anilines is 1. The van der Waals surface area contributed by atoms with Crippen molar-refractivity contribution in [3.63, 3.8) is 0 Å². The SMILES string of the molecule is CCCCn1ncc(NCCCOC)c(Br)c1=O. The Hall–Kier alpha value is -0.880. The normalized spacial score (nSPS) is 10.6. The molecule has 0 radical (unpaired) electrons. The molecule has 1 heterocycles. The number of rotatable bonds is 8. The van der Waals surface area contributed by atoms with Gasteiger partial charge in [0.05, 0.1) is 11.9 Å². The molecule has 18 heavy (non-hydrogen) atoms. The van der Waals surface area contributed by atoms with Crippen LogP contribution in [-0.4, -0.2) is 30.0 Å². The lowest BCUT2D eigenvalue weighted by Crippen LogP contribution is -2.24. The lowest BCUT2D eigenvalue weighted by Gasteiger charge is -2.10. The summed E-state index contributed by atoms with van der Waals surface area (Å²) < 4.78 is 7.01. The van der Waals surface area contributed by atoms with Crippen LogP contribution in [0.15, 0.2) is 15.5 Å². The maximum atomic E-state index is 12.0. The van der Waals surface area contributed by atoms with Crippen molar-refractivity contribution in [2.75, 3.05) is 25.6 Å². The monoisotopic (exact) mass is 317 g/mol. The summed E-state index contributed by atoms with van der Waals surface area (Å²) >= 11 is 3.33. The Balaban J connectivity index is 2.65. The number of hydrogen-bond donors (Lipinski definition) is 1. The average Bonchev–Trinajstić information content (AvgIpc) is 2.38. The zero-order chi connectivity index (χ0) is 13.4. The number of aromatic nitrogens is 2. The lowest BCUT2D eigenvalue weighted by molar-refractivity contribution is 0.198. The second-order valence-electron chi connectivity index (χ2n) is 4.03. The number of methoxy groups -OCH3 is 1. The van der Waals surface area contributed by atoms with Gasteiger partial charge in [0, 0.05) is 26.8 Å². The Labute approximate surface area is 116 Å². The van der Waals surface area contributed by atoms with E-state index in [2.05, 4.69) is 33.3 Å². The summed E-state index contributed by atoms with van der Waals surface area (Å²) in [7, 11) is 1.67. The highest BCUT2D eigenvalue weighted by atomic mass is 79.9. The topological polar surface area (TPSA) is 56.1 Å².